The van der Waals surface area contributed by atoms with Crippen molar-refractivity contribution in [2.75, 3.05) is 0 Å². The van der Waals surface area contributed by atoms with E-state index in [0.29, 0.717) is 17.8 Å². The lowest BCUT2D eigenvalue weighted by Crippen LogP contribution is -2.35. The zero-order chi connectivity index (χ0) is 13.2. The Bertz CT molecular complexity index is 775. The molecule has 4 nitrogen and oxygen atoms in total. The molecule has 0 saturated carbocycles. The average Bonchev–Trinajstić information content (AvgIpc) is 2.42. The molecule has 0 fully saturated rings. The first kappa shape index (κ1) is 11.6. The molecule has 19 heavy (non-hydrogen) atoms. The molecule has 0 unspecified atom stereocenters. The first-order valence-electron chi connectivity index (χ1n) is 6.16. The molecule has 3 aromatic rings. The van der Waals surface area contributed by atoms with Crippen molar-refractivity contribution >= 4 is 10.9 Å². The van der Waals surface area contributed by atoms with E-state index in [1.54, 1.807) is 6.07 Å². The predicted octanol–water partition coefficient (Wildman–Crippen LogP) is 1.57. The molecule has 0 spiro atoms. The summed E-state index contributed by atoms with van der Waals surface area (Å²) < 4.78 is 1.99. The van der Waals surface area contributed by atoms with Crippen molar-refractivity contribution < 1.29 is 4.57 Å². The Kier molecular flexibility index (Phi) is 2.83. The third-order valence-electron chi connectivity index (χ3n) is 3.05. The van der Waals surface area contributed by atoms with Crippen LogP contribution in [0.3, 0.4) is 0 Å². The van der Waals surface area contributed by atoms with Gasteiger partial charge in [-0.15, -0.1) is 0 Å². The number of fused-ring (bicyclic) bond motifs is 1. The third-order valence-corrected chi connectivity index (χ3v) is 3.05. The zero-order valence-electron chi connectivity index (χ0n) is 10.6. The minimum Gasteiger partial charge on any atom is -0.305 e. The number of H-pyrrole nitrogens is 1. The molecule has 4 heteroatoms. The van der Waals surface area contributed by atoms with Gasteiger partial charge in [0.2, 0.25) is 6.54 Å². The first-order valence-corrected chi connectivity index (χ1v) is 6.16. The molecule has 1 N–H and O–H groups in total. The van der Waals surface area contributed by atoms with E-state index in [4.69, 9.17) is 0 Å². The van der Waals surface area contributed by atoms with Gasteiger partial charge in [0.1, 0.15) is 0 Å². The standard InChI is InChI=1S/C15H13N3O/c1-11-6-8-18(9-7-11)10-14-16-13-5-3-2-4-12(13)15(19)17-14/h2-9H,10H2,1H3/p+1. The minimum absolute atomic E-state index is 0.0895. The molecule has 2 heterocycles. The van der Waals surface area contributed by atoms with Crippen molar-refractivity contribution in [1.82, 2.24) is 9.97 Å². The highest BCUT2D eigenvalue weighted by Gasteiger charge is 2.07. The number of hydrogen-bond donors (Lipinski definition) is 1. The fourth-order valence-corrected chi connectivity index (χ4v) is 2.02. The number of nitrogens with zero attached hydrogens (tertiary/aromatic N) is 2. The topological polar surface area (TPSA) is 49.6 Å². The molecule has 0 aliphatic heterocycles. The van der Waals surface area contributed by atoms with Crippen molar-refractivity contribution in [1.29, 1.82) is 0 Å². The number of aromatic amines is 1. The largest absolute Gasteiger partial charge is 0.305 e. The van der Waals surface area contributed by atoms with E-state index >= 15 is 0 Å². The Hall–Kier alpha value is -2.49. The number of benzene rings is 1. The summed E-state index contributed by atoms with van der Waals surface area (Å²) in [6.45, 7) is 2.60. The number of rotatable bonds is 2. The highest BCUT2D eigenvalue weighted by Crippen LogP contribution is 2.05. The van der Waals surface area contributed by atoms with E-state index in [-0.39, 0.29) is 5.56 Å². The van der Waals surface area contributed by atoms with Crippen molar-refractivity contribution in [2.24, 2.45) is 0 Å². The summed E-state index contributed by atoms with van der Waals surface area (Å²) >= 11 is 0. The maximum absolute atomic E-state index is 11.9. The van der Waals surface area contributed by atoms with Crippen LogP contribution in [-0.2, 0) is 6.54 Å². The Morgan fingerprint density at radius 1 is 1.16 bits per heavy atom. The monoisotopic (exact) mass is 252 g/mol. The van der Waals surface area contributed by atoms with Crippen molar-refractivity contribution in [2.45, 2.75) is 13.5 Å². The molecule has 1 aromatic carbocycles. The molecular weight excluding hydrogens is 238 g/mol. The second kappa shape index (κ2) is 4.65. The highest BCUT2D eigenvalue weighted by molar-refractivity contribution is 5.77. The Labute approximate surface area is 110 Å². The van der Waals surface area contributed by atoms with Crippen LogP contribution in [0.4, 0.5) is 0 Å². The second-order valence-electron chi connectivity index (χ2n) is 4.58. The van der Waals surface area contributed by atoms with Gasteiger partial charge in [0.15, 0.2) is 18.2 Å². The lowest BCUT2D eigenvalue weighted by molar-refractivity contribution is -0.689. The van der Waals surface area contributed by atoms with Gasteiger partial charge < -0.3 is 4.98 Å². The summed E-state index contributed by atoms with van der Waals surface area (Å²) in [7, 11) is 0. The third kappa shape index (κ3) is 2.38. The molecule has 0 atom stereocenters. The first-order chi connectivity index (χ1) is 9.22. The van der Waals surface area contributed by atoms with E-state index in [1.807, 2.05) is 54.2 Å². The summed E-state index contributed by atoms with van der Waals surface area (Å²) in [5, 5.41) is 0.625. The molecular formula is C15H14N3O+. The number of nitrogens with one attached hydrogen (secondary N) is 1. The normalized spacial score (nSPS) is 10.8. The van der Waals surface area contributed by atoms with Crippen molar-refractivity contribution in [3.8, 4) is 0 Å². The minimum atomic E-state index is -0.0895. The van der Waals surface area contributed by atoms with E-state index in [1.165, 1.54) is 5.56 Å². The van der Waals surface area contributed by atoms with Crippen LogP contribution < -0.4 is 10.1 Å². The van der Waals surface area contributed by atoms with Gasteiger partial charge in [-0.05, 0) is 24.6 Å². The smallest absolute Gasteiger partial charge is 0.258 e. The van der Waals surface area contributed by atoms with Gasteiger partial charge in [-0.1, -0.05) is 12.1 Å². The Morgan fingerprint density at radius 3 is 2.68 bits per heavy atom. The average molecular weight is 252 g/mol. The number of aromatic nitrogens is 3. The molecule has 0 aliphatic carbocycles. The molecule has 94 valence electrons. The van der Waals surface area contributed by atoms with Gasteiger partial charge in [0.05, 0.1) is 10.9 Å². The quantitative estimate of drug-likeness (QED) is 0.704. The molecule has 2 aromatic heterocycles. The molecule has 0 radical (unpaired) electrons. The lowest BCUT2D eigenvalue weighted by Gasteiger charge is -2.00. The second-order valence-corrected chi connectivity index (χ2v) is 4.58. The van der Waals surface area contributed by atoms with Crippen LogP contribution in [-0.4, -0.2) is 9.97 Å². The molecule has 3 rings (SSSR count). The molecule has 0 saturated heterocycles. The number of hydrogen-bond acceptors (Lipinski definition) is 2. The Morgan fingerprint density at radius 2 is 1.89 bits per heavy atom. The predicted molar refractivity (Wildman–Crippen MR) is 72.8 cm³/mol. The maximum Gasteiger partial charge on any atom is 0.258 e. The van der Waals surface area contributed by atoms with E-state index in [2.05, 4.69) is 9.97 Å². The van der Waals surface area contributed by atoms with Crippen LogP contribution in [0, 0.1) is 6.92 Å². The van der Waals surface area contributed by atoms with E-state index in [0.717, 1.165) is 5.52 Å². The van der Waals surface area contributed by atoms with Gasteiger partial charge in [0, 0.05) is 12.1 Å². The fourth-order valence-electron chi connectivity index (χ4n) is 2.02. The number of aryl methyl sites for hydroxylation is 1. The lowest BCUT2D eigenvalue weighted by atomic mass is 10.2. The van der Waals surface area contributed by atoms with Crippen LogP contribution >= 0.6 is 0 Å². The van der Waals surface area contributed by atoms with Crippen LogP contribution in [0.1, 0.15) is 11.4 Å². The van der Waals surface area contributed by atoms with Crippen LogP contribution in [0.15, 0.2) is 53.6 Å². The summed E-state index contributed by atoms with van der Waals surface area (Å²) in [6.07, 6.45) is 3.95. The van der Waals surface area contributed by atoms with E-state index < -0.39 is 0 Å². The van der Waals surface area contributed by atoms with Crippen molar-refractivity contribution in [3.05, 3.63) is 70.5 Å². The highest BCUT2D eigenvalue weighted by atomic mass is 16.1. The summed E-state index contributed by atoms with van der Waals surface area (Å²) in [4.78, 5) is 19.2. The fraction of sp³-hybridized carbons (Fsp3) is 0.133. The zero-order valence-corrected chi connectivity index (χ0v) is 10.6. The van der Waals surface area contributed by atoms with Crippen molar-refractivity contribution in [3.63, 3.8) is 0 Å². The maximum atomic E-state index is 11.9. The van der Waals surface area contributed by atoms with Gasteiger partial charge in [0.25, 0.3) is 5.56 Å². The molecule has 0 bridgehead atoms. The van der Waals surface area contributed by atoms with Gasteiger partial charge >= 0.3 is 0 Å². The van der Waals surface area contributed by atoms with Gasteiger partial charge in [-0.2, -0.15) is 4.57 Å². The molecule has 0 aliphatic rings. The summed E-state index contributed by atoms with van der Waals surface area (Å²) in [5.41, 5.74) is 1.85. The summed E-state index contributed by atoms with van der Waals surface area (Å²) in [5.74, 6) is 0.664. The van der Waals surface area contributed by atoms with Crippen LogP contribution in [0.5, 0.6) is 0 Å². The van der Waals surface area contributed by atoms with Gasteiger partial charge in [-0.3, -0.25) is 4.79 Å². The molecule has 0 amide bonds. The summed E-state index contributed by atoms with van der Waals surface area (Å²) in [6, 6.07) is 11.4. The Balaban J connectivity index is 2.01. The number of pyridine rings is 1. The van der Waals surface area contributed by atoms with Crippen LogP contribution in [0.25, 0.3) is 10.9 Å². The number of para-hydroxylation sites is 1. The SMILES string of the molecule is Cc1cc[n+](Cc2nc3ccccc3c(=O)[nH]2)cc1. The van der Waals surface area contributed by atoms with Gasteiger partial charge in [-0.25, -0.2) is 4.98 Å². The van der Waals surface area contributed by atoms with Crippen LogP contribution in [0.2, 0.25) is 0 Å². The van der Waals surface area contributed by atoms with E-state index in [9.17, 15) is 4.79 Å².